The fraction of sp³-hybridized carbons (Fsp3) is 0.308. The first-order valence-electron chi connectivity index (χ1n) is 5.81. The second kappa shape index (κ2) is 5.89. The van der Waals surface area contributed by atoms with E-state index >= 15 is 0 Å². The van der Waals surface area contributed by atoms with Crippen LogP contribution < -0.4 is 5.32 Å². The molecule has 0 aliphatic heterocycles. The fourth-order valence-electron chi connectivity index (χ4n) is 1.60. The SMILES string of the molecule is CCc1cnc(CNCc2cccc(Cl)c2O)o1. The first kappa shape index (κ1) is 12.9. The average molecular weight is 267 g/mol. The van der Waals surface area contributed by atoms with Crippen LogP contribution in [0.4, 0.5) is 0 Å². The van der Waals surface area contributed by atoms with Gasteiger partial charge in [0, 0.05) is 18.5 Å². The number of aromatic hydroxyl groups is 1. The van der Waals surface area contributed by atoms with Gasteiger partial charge in [0.05, 0.1) is 17.8 Å². The summed E-state index contributed by atoms with van der Waals surface area (Å²) in [4.78, 5) is 4.14. The number of halogens is 1. The van der Waals surface area contributed by atoms with E-state index in [-0.39, 0.29) is 5.75 Å². The maximum absolute atomic E-state index is 9.73. The average Bonchev–Trinajstić information content (AvgIpc) is 2.82. The maximum atomic E-state index is 9.73. The van der Waals surface area contributed by atoms with Crippen molar-refractivity contribution in [2.75, 3.05) is 0 Å². The molecule has 0 amide bonds. The van der Waals surface area contributed by atoms with Crippen molar-refractivity contribution in [2.45, 2.75) is 26.4 Å². The van der Waals surface area contributed by atoms with Crippen molar-refractivity contribution < 1.29 is 9.52 Å². The molecule has 0 spiro atoms. The van der Waals surface area contributed by atoms with Gasteiger partial charge in [-0.15, -0.1) is 0 Å². The van der Waals surface area contributed by atoms with Gasteiger partial charge in [-0.25, -0.2) is 4.98 Å². The Morgan fingerprint density at radius 3 is 2.94 bits per heavy atom. The van der Waals surface area contributed by atoms with Crippen molar-refractivity contribution in [2.24, 2.45) is 0 Å². The number of rotatable bonds is 5. The van der Waals surface area contributed by atoms with Crippen molar-refractivity contribution in [1.29, 1.82) is 0 Å². The largest absolute Gasteiger partial charge is 0.506 e. The lowest BCUT2D eigenvalue weighted by Crippen LogP contribution is -2.13. The highest BCUT2D eigenvalue weighted by molar-refractivity contribution is 6.32. The van der Waals surface area contributed by atoms with E-state index in [0.717, 1.165) is 17.7 Å². The van der Waals surface area contributed by atoms with Crippen LogP contribution in [0.1, 0.15) is 24.1 Å². The number of hydrogen-bond acceptors (Lipinski definition) is 4. The van der Waals surface area contributed by atoms with Gasteiger partial charge in [0.1, 0.15) is 11.5 Å². The zero-order valence-corrected chi connectivity index (χ0v) is 10.9. The monoisotopic (exact) mass is 266 g/mol. The predicted octanol–water partition coefficient (Wildman–Crippen LogP) is 2.89. The molecule has 0 atom stereocenters. The van der Waals surface area contributed by atoms with Gasteiger partial charge < -0.3 is 14.8 Å². The third-order valence-electron chi connectivity index (χ3n) is 2.61. The number of nitrogens with zero attached hydrogens (tertiary/aromatic N) is 1. The molecule has 1 aromatic heterocycles. The van der Waals surface area contributed by atoms with Crippen LogP contribution >= 0.6 is 11.6 Å². The van der Waals surface area contributed by atoms with E-state index in [4.69, 9.17) is 16.0 Å². The van der Waals surface area contributed by atoms with E-state index in [1.54, 1.807) is 18.3 Å². The van der Waals surface area contributed by atoms with Crippen molar-refractivity contribution in [3.8, 4) is 5.75 Å². The van der Waals surface area contributed by atoms with E-state index in [0.29, 0.717) is 24.0 Å². The fourth-order valence-corrected chi connectivity index (χ4v) is 1.79. The van der Waals surface area contributed by atoms with Crippen molar-refractivity contribution >= 4 is 11.6 Å². The molecule has 0 saturated heterocycles. The summed E-state index contributed by atoms with van der Waals surface area (Å²) >= 11 is 5.82. The highest BCUT2D eigenvalue weighted by atomic mass is 35.5. The number of aromatic nitrogens is 1. The predicted molar refractivity (Wildman–Crippen MR) is 69.5 cm³/mol. The topological polar surface area (TPSA) is 58.3 Å². The first-order chi connectivity index (χ1) is 8.70. The van der Waals surface area contributed by atoms with Gasteiger partial charge in [0.15, 0.2) is 0 Å². The van der Waals surface area contributed by atoms with Crippen LogP contribution in [0.25, 0.3) is 0 Å². The van der Waals surface area contributed by atoms with Gasteiger partial charge in [-0.05, 0) is 6.07 Å². The summed E-state index contributed by atoms with van der Waals surface area (Å²) in [6, 6.07) is 5.28. The number of oxazole rings is 1. The highest BCUT2D eigenvalue weighted by Gasteiger charge is 2.06. The second-order valence-corrected chi connectivity index (χ2v) is 4.33. The molecule has 0 aliphatic carbocycles. The summed E-state index contributed by atoms with van der Waals surface area (Å²) in [6.45, 7) is 3.05. The van der Waals surface area contributed by atoms with Gasteiger partial charge in [0.25, 0.3) is 0 Å². The second-order valence-electron chi connectivity index (χ2n) is 3.92. The molecule has 0 bridgehead atoms. The minimum atomic E-state index is 0.119. The number of hydrogen-bond donors (Lipinski definition) is 2. The molecule has 2 N–H and O–H groups in total. The number of phenolic OH excluding ortho intramolecular Hbond substituents is 1. The van der Waals surface area contributed by atoms with Gasteiger partial charge in [-0.1, -0.05) is 30.7 Å². The third-order valence-corrected chi connectivity index (χ3v) is 2.92. The molecule has 0 aliphatic rings. The molecule has 4 nitrogen and oxygen atoms in total. The van der Waals surface area contributed by atoms with Gasteiger partial charge in [-0.2, -0.15) is 0 Å². The standard InChI is InChI=1S/C13H15ClN2O2/c1-2-10-7-16-12(18-10)8-15-6-9-4-3-5-11(14)13(9)17/h3-5,7,15,17H,2,6,8H2,1H3. The van der Waals surface area contributed by atoms with Crippen LogP contribution in [-0.4, -0.2) is 10.1 Å². The third kappa shape index (κ3) is 3.03. The Morgan fingerprint density at radius 1 is 1.39 bits per heavy atom. The highest BCUT2D eigenvalue weighted by Crippen LogP contribution is 2.26. The minimum Gasteiger partial charge on any atom is -0.506 e. The quantitative estimate of drug-likeness (QED) is 0.874. The summed E-state index contributed by atoms with van der Waals surface area (Å²) in [5, 5.41) is 13.2. The van der Waals surface area contributed by atoms with Crippen molar-refractivity contribution in [3.63, 3.8) is 0 Å². The molecule has 18 heavy (non-hydrogen) atoms. The molecule has 1 heterocycles. The molecule has 0 unspecified atom stereocenters. The zero-order chi connectivity index (χ0) is 13.0. The summed E-state index contributed by atoms with van der Waals surface area (Å²) in [5.41, 5.74) is 0.754. The molecule has 96 valence electrons. The number of benzene rings is 1. The molecular formula is C13H15ClN2O2. The smallest absolute Gasteiger partial charge is 0.208 e. The van der Waals surface area contributed by atoms with E-state index in [1.165, 1.54) is 0 Å². The van der Waals surface area contributed by atoms with Gasteiger partial charge in [-0.3, -0.25) is 0 Å². The maximum Gasteiger partial charge on any atom is 0.208 e. The summed E-state index contributed by atoms with van der Waals surface area (Å²) in [7, 11) is 0. The van der Waals surface area contributed by atoms with Crippen molar-refractivity contribution in [3.05, 3.63) is 46.6 Å². The Kier molecular flexibility index (Phi) is 4.23. The lowest BCUT2D eigenvalue weighted by atomic mass is 10.2. The molecule has 1 aromatic carbocycles. The Morgan fingerprint density at radius 2 is 2.22 bits per heavy atom. The van der Waals surface area contributed by atoms with Gasteiger partial charge >= 0.3 is 0 Å². The molecule has 0 fully saturated rings. The molecule has 0 radical (unpaired) electrons. The van der Waals surface area contributed by atoms with E-state index in [2.05, 4.69) is 10.3 Å². The molecule has 0 saturated carbocycles. The van der Waals surface area contributed by atoms with Crippen LogP contribution in [-0.2, 0) is 19.5 Å². The number of nitrogens with one attached hydrogen (secondary N) is 1. The minimum absolute atomic E-state index is 0.119. The van der Waals surface area contributed by atoms with Crippen LogP contribution in [0.2, 0.25) is 5.02 Å². The van der Waals surface area contributed by atoms with E-state index in [9.17, 15) is 5.11 Å². The van der Waals surface area contributed by atoms with Crippen LogP contribution in [0.5, 0.6) is 5.75 Å². The van der Waals surface area contributed by atoms with Crippen LogP contribution in [0.15, 0.2) is 28.8 Å². The number of aryl methyl sites for hydroxylation is 1. The summed E-state index contributed by atoms with van der Waals surface area (Å²) in [6.07, 6.45) is 2.57. The van der Waals surface area contributed by atoms with Crippen molar-refractivity contribution in [1.82, 2.24) is 10.3 Å². The molecule has 2 aromatic rings. The summed E-state index contributed by atoms with van der Waals surface area (Å²) < 4.78 is 5.46. The Labute approximate surface area is 111 Å². The number of phenols is 1. The lowest BCUT2D eigenvalue weighted by molar-refractivity contribution is 0.433. The molecule has 2 rings (SSSR count). The molecular weight excluding hydrogens is 252 g/mol. The van der Waals surface area contributed by atoms with E-state index in [1.807, 2.05) is 13.0 Å². The Hall–Kier alpha value is -1.52. The van der Waals surface area contributed by atoms with Gasteiger partial charge in [0.2, 0.25) is 5.89 Å². The van der Waals surface area contributed by atoms with Crippen LogP contribution in [0, 0.1) is 0 Å². The molecule has 5 heteroatoms. The van der Waals surface area contributed by atoms with E-state index < -0.39 is 0 Å². The summed E-state index contributed by atoms with van der Waals surface area (Å²) in [5.74, 6) is 1.64. The van der Waals surface area contributed by atoms with Crippen LogP contribution in [0.3, 0.4) is 0 Å². The normalized spacial score (nSPS) is 10.8. The first-order valence-corrected chi connectivity index (χ1v) is 6.19. The lowest BCUT2D eigenvalue weighted by Gasteiger charge is -2.06. The zero-order valence-electron chi connectivity index (χ0n) is 10.1. The number of para-hydroxylation sites is 1. The Bertz CT molecular complexity index is 525. The Balaban J connectivity index is 1.90.